The first kappa shape index (κ1) is 8.51. The molecular weight excluding hydrogens is 148 g/mol. The number of hydrogen-bond donors (Lipinski definition) is 1. The third kappa shape index (κ3) is 1.71. The zero-order chi connectivity index (χ0) is 8.97. The number of nitrogens with two attached hydrogens (primary N) is 1. The second-order valence-corrected chi connectivity index (χ2v) is 2.50. The summed E-state index contributed by atoms with van der Waals surface area (Å²) < 4.78 is 0. The van der Waals surface area contributed by atoms with E-state index in [1.807, 2.05) is 12.1 Å². The largest absolute Gasteiger partial charge is 0.326 e. The van der Waals surface area contributed by atoms with Gasteiger partial charge in [-0.15, -0.1) is 0 Å². The van der Waals surface area contributed by atoms with Gasteiger partial charge in [0.05, 0.1) is 11.6 Å². The number of rotatable bonds is 2. The molecule has 0 aliphatic rings. The Bertz CT molecular complexity index is 317. The zero-order valence-electron chi connectivity index (χ0n) is 6.75. The Morgan fingerprint density at radius 2 is 2.00 bits per heavy atom. The van der Waals surface area contributed by atoms with Gasteiger partial charge in [-0.3, -0.25) is 0 Å². The van der Waals surface area contributed by atoms with Crippen LogP contribution in [0.15, 0.2) is 30.8 Å². The molecule has 0 bridgehead atoms. The Morgan fingerprint density at radius 3 is 2.42 bits per heavy atom. The highest BCUT2D eigenvalue weighted by atomic mass is 14.5. The van der Waals surface area contributed by atoms with Crippen molar-refractivity contribution in [1.29, 1.82) is 5.26 Å². The van der Waals surface area contributed by atoms with Crippen molar-refractivity contribution < 1.29 is 0 Å². The standard InChI is InChI=1S/C10H10N2/c1-8(6-11)10-4-2-9(7-12)3-5-10/h2-5H,1,6,11H2. The van der Waals surface area contributed by atoms with Gasteiger partial charge in [0.1, 0.15) is 0 Å². The fourth-order valence-corrected chi connectivity index (χ4v) is 0.898. The summed E-state index contributed by atoms with van der Waals surface area (Å²) >= 11 is 0. The van der Waals surface area contributed by atoms with E-state index in [0.29, 0.717) is 12.1 Å². The van der Waals surface area contributed by atoms with E-state index in [1.165, 1.54) is 0 Å². The van der Waals surface area contributed by atoms with Crippen molar-refractivity contribution in [3.63, 3.8) is 0 Å². The van der Waals surface area contributed by atoms with Gasteiger partial charge in [-0.2, -0.15) is 5.26 Å². The molecule has 2 N–H and O–H groups in total. The maximum absolute atomic E-state index is 8.53. The van der Waals surface area contributed by atoms with Crippen molar-refractivity contribution in [2.24, 2.45) is 5.73 Å². The summed E-state index contributed by atoms with van der Waals surface area (Å²) in [6, 6.07) is 9.28. The highest BCUT2D eigenvalue weighted by Crippen LogP contribution is 2.11. The first-order valence-corrected chi connectivity index (χ1v) is 3.66. The lowest BCUT2D eigenvalue weighted by molar-refractivity contribution is 1.27. The van der Waals surface area contributed by atoms with Crippen molar-refractivity contribution in [1.82, 2.24) is 0 Å². The predicted octanol–water partition coefficient (Wildman–Crippen LogP) is 1.53. The lowest BCUT2D eigenvalue weighted by atomic mass is 10.1. The molecule has 0 heterocycles. The first-order chi connectivity index (χ1) is 5.77. The molecule has 2 nitrogen and oxygen atoms in total. The SMILES string of the molecule is C=C(CN)c1ccc(C#N)cc1. The van der Waals surface area contributed by atoms with Crippen molar-refractivity contribution >= 4 is 5.57 Å². The summed E-state index contributed by atoms with van der Waals surface area (Å²) in [5, 5.41) is 8.53. The molecule has 0 saturated carbocycles. The van der Waals surface area contributed by atoms with Gasteiger partial charge in [0.2, 0.25) is 0 Å². The van der Waals surface area contributed by atoms with Crippen LogP contribution >= 0.6 is 0 Å². The maximum Gasteiger partial charge on any atom is 0.0991 e. The van der Waals surface area contributed by atoms with Crippen molar-refractivity contribution in [3.05, 3.63) is 42.0 Å². The lowest BCUT2D eigenvalue weighted by Gasteiger charge is -2.00. The molecule has 1 rings (SSSR count). The molecule has 0 radical (unpaired) electrons. The van der Waals surface area contributed by atoms with Crippen LogP contribution in [0.3, 0.4) is 0 Å². The average molecular weight is 158 g/mol. The minimum atomic E-state index is 0.450. The summed E-state index contributed by atoms with van der Waals surface area (Å²) in [6.45, 7) is 4.24. The van der Waals surface area contributed by atoms with Gasteiger partial charge in [-0.05, 0) is 23.3 Å². The van der Waals surface area contributed by atoms with E-state index >= 15 is 0 Å². The van der Waals surface area contributed by atoms with Crippen molar-refractivity contribution in [2.75, 3.05) is 6.54 Å². The van der Waals surface area contributed by atoms with Crippen LogP contribution < -0.4 is 5.73 Å². The van der Waals surface area contributed by atoms with Gasteiger partial charge < -0.3 is 5.73 Å². The fraction of sp³-hybridized carbons (Fsp3) is 0.100. The Hall–Kier alpha value is -1.59. The molecule has 1 aromatic rings. The molecule has 0 aliphatic heterocycles. The molecule has 1 aromatic carbocycles. The molecule has 0 fully saturated rings. The molecule has 0 atom stereocenters. The fourth-order valence-electron chi connectivity index (χ4n) is 0.898. The average Bonchev–Trinajstić information content (AvgIpc) is 2.17. The van der Waals surface area contributed by atoms with Crippen LogP contribution in [-0.2, 0) is 0 Å². The summed E-state index contributed by atoms with van der Waals surface area (Å²) in [4.78, 5) is 0. The van der Waals surface area contributed by atoms with E-state index in [2.05, 4.69) is 12.6 Å². The van der Waals surface area contributed by atoms with Crippen LogP contribution in [0.1, 0.15) is 11.1 Å². The minimum Gasteiger partial charge on any atom is -0.326 e. The predicted molar refractivity (Wildman–Crippen MR) is 49.2 cm³/mol. The second-order valence-electron chi connectivity index (χ2n) is 2.50. The van der Waals surface area contributed by atoms with E-state index in [0.717, 1.165) is 11.1 Å². The van der Waals surface area contributed by atoms with E-state index in [9.17, 15) is 0 Å². The van der Waals surface area contributed by atoms with Crippen LogP contribution in [0, 0.1) is 11.3 Å². The molecule has 12 heavy (non-hydrogen) atoms. The van der Waals surface area contributed by atoms with Gasteiger partial charge >= 0.3 is 0 Å². The van der Waals surface area contributed by atoms with Crippen LogP contribution in [0.2, 0.25) is 0 Å². The van der Waals surface area contributed by atoms with Crippen LogP contribution in [-0.4, -0.2) is 6.54 Å². The van der Waals surface area contributed by atoms with Gasteiger partial charge in [0, 0.05) is 6.54 Å². The molecule has 60 valence electrons. The van der Waals surface area contributed by atoms with E-state index in [4.69, 9.17) is 11.0 Å². The second kappa shape index (κ2) is 3.70. The highest BCUT2D eigenvalue weighted by molar-refractivity contribution is 5.64. The molecule has 0 spiro atoms. The Morgan fingerprint density at radius 1 is 1.42 bits per heavy atom. The summed E-state index contributed by atoms with van der Waals surface area (Å²) in [6.07, 6.45) is 0. The summed E-state index contributed by atoms with van der Waals surface area (Å²) in [7, 11) is 0. The molecule has 0 aliphatic carbocycles. The highest BCUT2D eigenvalue weighted by Gasteiger charge is 1.95. The Balaban J connectivity index is 2.94. The number of hydrogen-bond acceptors (Lipinski definition) is 2. The quantitative estimate of drug-likeness (QED) is 0.709. The van der Waals surface area contributed by atoms with Crippen molar-refractivity contribution in [2.45, 2.75) is 0 Å². The van der Waals surface area contributed by atoms with Crippen LogP contribution in [0.25, 0.3) is 5.57 Å². The molecule has 0 aromatic heterocycles. The number of benzene rings is 1. The van der Waals surface area contributed by atoms with Gasteiger partial charge in [0.15, 0.2) is 0 Å². The van der Waals surface area contributed by atoms with Gasteiger partial charge in [-0.1, -0.05) is 18.7 Å². The topological polar surface area (TPSA) is 49.8 Å². The zero-order valence-corrected chi connectivity index (χ0v) is 6.75. The first-order valence-electron chi connectivity index (χ1n) is 3.66. The molecule has 2 heteroatoms. The van der Waals surface area contributed by atoms with E-state index in [1.54, 1.807) is 12.1 Å². The Labute approximate surface area is 71.9 Å². The van der Waals surface area contributed by atoms with E-state index < -0.39 is 0 Å². The monoisotopic (exact) mass is 158 g/mol. The normalized spacial score (nSPS) is 9.00. The third-order valence-electron chi connectivity index (χ3n) is 1.67. The molecule has 0 unspecified atom stereocenters. The molecule has 0 saturated heterocycles. The molecule has 0 amide bonds. The summed E-state index contributed by atoms with van der Waals surface area (Å²) in [5.41, 5.74) is 7.95. The summed E-state index contributed by atoms with van der Waals surface area (Å²) in [5.74, 6) is 0. The third-order valence-corrected chi connectivity index (χ3v) is 1.67. The van der Waals surface area contributed by atoms with Crippen molar-refractivity contribution in [3.8, 4) is 6.07 Å². The minimum absolute atomic E-state index is 0.450. The van der Waals surface area contributed by atoms with Gasteiger partial charge in [-0.25, -0.2) is 0 Å². The van der Waals surface area contributed by atoms with Crippen LogP contribution in [0.5, 0.6) is 0 Å². The molecular formula is C10H10N2. The van der Waals surface area contributed by atoms with Crippen LogP contribution in [0.4, 0.5) is 0 Å². The maximum atomic E-state index is 8.53. The number of nitriles is 1. The number of nitrogens with zero attached hydrogens (tertiary/aromatic N) is 1. The van der Waals surface area contributed by atoms with Gasteiger partial charge in [0.25, 0.3) is 0 Å². The lowest BCUT2D eigenvalue weighted by Crippen LogP contribution is -2.00. The smallest absolute Gasteiger partial charge is 0.0991 e. The van der Waals surface area contributed by atoms with E-state index in [-0.39, 0.29) is 0 Å². The Kier molecular flexibility index (Phi) is 2.62.